The lowest BCUT2D eigenvalue weighted by atomic mass is 10.2. The number of rotatable bonds is 3. The first-order valence-electron chi connectivity index (χ1n) is 4.03. The zero-order valence-corrected chi connectivity index (χ0v) is 7.66. The van der Waals surface area contributed by atoms with Crippen molar-refractivity contribution in [2.75, 3.05) is 7.11 Å². The molecule has 0 saturated carbocycles. The number of aromatic hydroxyl groups is 1. The van der Waals surface area contributed by atoms with Crippen LogP contribution in [-0.4, -0.2) is 23.2 Å². The number of pyridine rings is 1. The van der Waals surface area contributed by atoms with Gasteiger partial charge in [0.15, 0.2) is 0 Å². The first-order chi connectivity index (χ1) is 6.63. The van der Waals surface area contributed by atoms with Crippen LogP contribution < -0.4 is 0 Å². The van der Waals surface area contributed by atoms with Crippen LogP contribution in [0.1, 0.15) is 12.1 Å². The van der Waals surface area contributed by atoms with Gasteiger partial charge in [-0.3, -0.25) is 9.78 Å². The summed E-state index contributed by atoms with van der Waals surface area (Å²) in [7, 11) is 1.28. The molecule has 0 bridgehead atoms. The molecule has 0 aliphatic heterocycles. The van der Waals surface area contributed by atoms with Crippen LogP contribution in [0.5, 0.6) is 5.75 Å². The van der Waals surface area contributed by atoms with Gasteiger partial charge in [0.05, 0.1) is 25.4 Å². The van der Waals surface area contributed by atoms with Gasteiger partial charge >= 0.3 is 5.97 Å². The van der Waals surface area contributed by atoms with Crippen molar-refractivity contribution in [1.29, 1.82) is 0 Å². The Morgan fingerprint density at radius 3 is 3.00 bits per heavy atom. The number of nitrogens with zero attached hydrogens (tertiary/aromatic N) is 1. The van der Waals surface area contributed by atoms with Crippen molar-refractivity contribution in [3.63, 3.8) is 0 Å². The van der Waals surface area contributed by atoms with Gasteiger partial charge in [0.25, 0.3) is 0 Å². The second-order valence-corrected chi connectivity index (χ2v) is 2.70. The minimum atomic E-state index is -0.607. The highest BCUT2D eigenvalue weighted by molar-refractivity contribution is 5.69. The highest BCUT2D eigenvalue weighted by atomic mass is 19.1. The Morgan fingerprint density at radius 2 is 2.43 bits per heavy atom. The van der Waals surface area contributed by atoms with Crippen molar-refractivity contribution in [2.24, 2.45) is 0 Å². The Morgan fingerprint density at radius 1 is 1.71 bits per heavy atom. The van der Waals surface area contributed by atoms with Gasteiger partial charge in [-0.25, -0.2) is 4.39 Å². The monoisotopic (exact) mass is 199 g/mol. The largest absolute Gasteiger partial charge is 0.506 e. The molecule has 1 heterocycles. The van der Waals surface area contributed by atoms with Gasteiger partial charge in [-0.05, 0) is 0 Å². The standard InChI is InChI=1S/C9H10FNO3/c1-14-9(13)3-2-7-8(12)4-6(10)5-11-7/h4-5,12H,2-3H2,1H3. The maximum Gasteiger partial charge on any atom is 0.305 e. The van der Waals surface area contributed by atoms with Crippen molar-refractivity contribution in [1.82, 2.24) is 4.98 Å². The SMILES string of the molecule is COC(=O)CCc1ncc(F)cc1O. The normalized spacial score (nSPS) is 9.86. The molecule has 1 N–H and O–H groups in total. The molecule has 0 aromatic carbocycles. The molecule has 5 heteroatoms. The summed E-state index contributed by atoms with van der Waals surface area (Å²) in [4.78, 5) is 14.4. The predicted molar refractivity (Wildman–Crippen MR) is 46.2 cm³/mol. The topological polar surface area (TPSA) is 59.4 Å². The number of carbonyl (C=O) groups is 1. The van der Waals surface area contributed by atoms with E-state index in [9.17, 15) is 14.3 Å². The highest BCUT2D eigenvalue weighted by Crippen LogP contribution is 2.16. The molecule has 0 radical (unpaired) electrons. The Bertz CT molecular complexity index is 341. The van der Waals surface area contributed by atoms with Crippen LogP contribution in [0.3, 0.4) is 0 Å². The Hall–Kier alpha value is -1.65. The first kappa shape index (κ1) is 10.4. The number of halogens is 1. The Kier molecular flexibility index (Phi) is 3.39. The second kappa shape index (κ2) is 4.55. The van der Waals surface area contributed by atoms with Crippen molar-refractivity contribution < 1.29 is 19.0 Å². The van der Waals surface area contributed by atoms with E-state index in [4.69, 9.17) is 0 Å². The summed E-state index contributed by atoms with van der Waals surface area (Å²) in [6.07, 6.45) is 1.34. The van der Waals surface area contributed by atoms with E-state index in [1.807, 2.05) is 0 Å². The minimum absolute atomic E-state index is 0.114. The smallest absolute Gasteiger partial charge is 0.305 e. The molecule has 14 heavy (non-hydrogen) atoms. The first-order valence-corrected chi connectivity index (χ1v) is 4.03. The summed E-state index contributed by atoms with van der Waals surface area (Å²) in [5, 5.41) is 9.22. The molecule has 1 aromatic heterocycles. The van der Waals surface area contributed by atoms with E-state index in [-0.39, 0.29) is 24.3 Å². The molecule has 4 nitrogen and oxygen atoms in total. The summed E-state index contributed by atoms with van der Waals surface area (Å²) in [6.45, 7) is 0. The fraction of sp³-hybridized carbons (Fsp3) is 0.333. The molecule has 0 fully saturated rings. The number of hydrogen-bond donors (Lipinski definition) is 1. The van der Waals surface area contributed by atoms with Crippen LogP contribution in [0.15, 0.2) is 12.3 Å². The van der Waals surface area contributed by atoms with E-state index in [0.29, 0.717) is 0 Å². The lowest BCUT2D eigenvalue weighted by Gasteiger charge is -2.02. The van der Waals surface area contributed by atoms with Crippen molar-refractivity contribution in [2.45, 2.75) is 12.8 Å². The average Bonchev–Trinajstić information content (AvgIpc) is 2.16. The lowest BCUT2D eigenvalue weighted by molar-refractivity contribution is -0.140. The minimum Gasteiger partial charge on any atom is -0.506 e. The summed E-state index contributed by atoms with van der Waals surface area (Å²) in [6, 6.07) is 0.958. The van der Waals surface area contributed by atoms with E-state index in [0.717, 1.165) is 12.3 Å². The van der Waals surface area contributed by atoms with E-state index in [2.05, 4.69) is 9.72 Å². The zero-order valence-electron chi connectivity index (χ0n) is 7.66. The maximum atomic E-state index is 12.5. The van der Waals surface area contributed by atoms with Gasteiger partial charge in [-0.15, -0.1) is 0 Å². The van der Waals surface area contributed by atoms with Crippen LogP contribution in [0.2, 0.25) is 0 Å². The van der Waals surface area contributed by atoms with Crippen LogP contribution in [0, 0.1) is 5.82 Å². The third kappa shape index (κ3) is 2.69. The highest BCUT2D eigenvalue weighted by Gasteiger charge is 2.07. The Labute approximate surface area is 80.3 Å². The maximum absolute atomic E-state index is 12.5. The van der Waals surface area contributed by atoms with Crippen molar-refractivity contribution >= 4 is 5.97 Å². The van der Waals surface area contributed by atoms with Crippen molar-refractivity contribution in [3.8, 4) is 5.75 Å². The molecule has 0 aliphatic carbocycles. The van der Waals surface area contributed by atoms with Gasteiger partial charge in [0.1, 0.15) is 11.6 Å². The average molecular weight is 199 g/mol. The van der Waals surface area contributed by atoms with Gasteiger partial charge in [-0.1, -0.05) is 0 Å². The summed E-state index contributed by atoms with van der Waals surface area (Å²) >= 11 is 0. The number of esters is 1. The van der Waals surface area contributed by atoms with Crippen molar-refractivity contribution in [3.05, 3.63) is 23.8 Å². The van der Waals surface area contributed by atoms with Gasteiger partial charge in [0, 0.05) is 12.5 Å². The van der Waals surface area contributed by atoms with E-state index < -0.39 is 11.8 Å². The molecule has 0 atom stereocenters. The molecule has 0 aliphatic rings. The molecular formula is C9H10FNO3. The number of hydrogen-bond acceptors (Lipinski definition) is 4. The molecule has 0 saturated heterocycles. The van der Waals surface area contributed by atoms with Crippen LogP contribution in [0.4, 0.5) is 4.39 Å². The van der Waals surface area contributed by atoms with E-state index >= 15 is 0 Å². The van der Waals surface area contributed by atoms with E-state index in [1.165, 1.54) is 7.11 Å². The molecule has 0 unspecified atom stereocenters. The molecule has 1 rings (SSSR count). The molecule has 0 spiro atoms. The third-order valence-corrected chi connectivity index (χ3v) is 1.71. The number of methoxy groups -OCH3 is 1. The number of aryl methyl sites for hydroxylation is 1. The van der Waals surface area contributed by atoms with Crippen LogP contribution in [0.25, 0.3) is 0 Å². The lowest BCUT2D eigenvalue weighted by Crippen LogP contribution is -2.03. The second-order valence-electron chi connectivity index (χ2n) is 2.70. The fourth-order valence-corrected chi connectivity index (χ4v) is 0.972. The summed E-state index contributed by atoms with van der Waals surface area (Å²) in [5.74, 6) is -1.24. The van der Waals surface area contributed by atoms with Crippen LogP contribution >= 0.6 is 0 Å². The summed E-state index contributed by atoms with van der Waals surface area (Å²) in [5.41, 5.74) is 0.289. The predicted octanol–water partition coefficient (Wildman–Crippen LogP) is 1.03. The summed E-state index contributed by atoms with van der Waals surface area (Å²) < 4.78 is 16.9. The molecule has 0 amide bonds. The third-order valence-electron chi connectivity index (χ3n) is 1.71. The van der Waals surface area contributed by atoms with Gasteiger partial charge < -0.3 is 9.84 Å². The molecule has 76 valence electrons. The van der Waals surface area contributed by atoms with E-state index in [1.54, 1.807) is 0 Å². The quantitative estimate of drug-likeness (QED) is 0.738. The zero-order chi connectivity index (χ0) is 10.6. The fourth-order valence-electron chi connectivity index (χ4n) is 0.972. The molecular weight excluding hydrogens is 189 g/mol. The Balaban J connectivity index is 2.63. The number of ether oxygens (including phenoxy) is 1. The van der Waals surface area contributed by atoms with Crippen LogP contribution in [-0.2, 0) is 16.0 Å². The van der Waals surface area contributed by atoms with Gasteiger partial charge in [-0.2, -0.15) is 0 Å². The number of carbonyl (C=O) groups excluding carboxylic acids is 1. The number of aromatic nitrogens is 1. The molecule has 1 aromatic rings. The van der Waals surface area contributed by atoms with Gasteiger partial charge in [0.2, 0.25) is 0 Å².